The average Bonchev–Trinajstić information content (AvgIpc) is 2.15. The van der Waals surface area contributed by atoms with Gasteiger partial charge in [-0.15, -0.1) is 0 Å². The summed E-state index contributed by atoms with van der Waals surface area (Å²) >= 11 is 0. The smallest absolute Gasteiger partial charge is 0.0345 e. The van der Waals surface area contributed by atoms with E-state index in [1.54, 1.807) is 0 Å². The van der Waals surface area contributed by atoms with E-state index < -0.39 is 0 Å². The van der Waals surface area contributed by atoms with Crippen molar-refractivity contribution in [2.45, 2.75) is 20.3 Å². The lowest BCUT2D eigenvalue weighted by Gasteiger charge is -2.04. The van der Waals surface area contributed by atoms with Gasteiger partial charge in [0.2, 0.25) is 0 Å². The number of aromatic nitrogens is 1. The fraction of sp³-hybridized carbons (Fsp3) is 0.364. The monoisotopic (exact) mass is 176 g/mol. The summed E-state index contributed by atoms with van der Waals surface area (Å²) in [4.78, 5) is 4.10. The average molecular weight is 176 g/mol. The molecular formula is C11H16N2. The van der Waals surface area contributed by atoms with Gasteiger partial charge in [-0.05, 0) is 49.6 Å². The molecule has 0 bridgehead atoms. The number of hydrogen-bond donors (Lipinski definition) is 1. The second-order valence-electron chi connectivity index (χ2n) is 3.16. The molecule has 0 aliphatic heterocycles. The van der Waals surface area contributed by atoms with Gasteiger partial charge in [0.15, 0.2) is 0 Å². The van der Waals surface area contributed by atoms with Gasteiger partial charge in [-0.25, -0.2) is 0 Å². The van der Waals surface area contributed by atoms with Crippen molar-refractivity contribution in [1.82, 2.24) is 4.98 Å². The topological polar surface area (TPSA) is 38.9 Å². The van der Waals surface area contributed by atoms with Gasteiger partial charge >= 0.3 is 0 Å². The highest BCUT2D eigenvalue weighted by atomic mass is 14.6. The maximum absolute atomic E-state index is 5.43. The van der Waals surface area contributed by atoms with Crippen LogP contribution in [0.15, 0.2) is 24.5 Å². The third kappa shape index (κ3) is 2.67. The molecule has 0 fully saturated rings. The summed E-state index contributed by atoms with van der Waals surface area (Å²) in [5.74, 6) is 0. The fourth-order valence-corrected chi connectivity index (χ4v) is 1.29. The molecule has 2 heteroatoms. The van der Waals surface area contributed by atoms with Crippen LogP contribution < -0.4 is 5.73 Å². The van der Waals surface area contributed by atoms with Gasteiger partial charge in [0.05, 0.1) is 0 Å². The van der Waals surface area contributed by atoms with Crippen molar-refractivity contribution in [2.75, 3.05) is 6.54 Å². The Kier molecular flexibility index (Phi) is 3.65. The van der Waals surface area contributed by atoms with Crippen LogP contribution in [0.3, 0.4) is 0 Å². The maximum atomic E-state index is 5.43. The third-order valence-electron chi connectivity index (χ3n) is 2.08. The molecule has 0 aromatic carbocycles. The molecule has 0 amide bonds. The summed E-state index contributed by atoms with van der Waals surface area (Å²) in [6.07, 6.45) is 6.80. The highest BCUT2D eigenvalue weighted by Crippen LogP contribution is 2.16. The van der Waals surface area contributed by atoms with E-state index in [0.717, 1.165) is 6.42 Å². The van der Waals surface area contributed by atoms with Crippen molar-refractivity contribution < 1.29 is 0 Å². The van der Waals surface area contributed by atoms with Crippen LogP contribution in [0.25, 0.3) is 5.57 Å². The van der Waals surface area contributed by atoms with E-state index in [2.05, 4.69) is 24.9 Å². The molecule has 2 N–H and O–H groups in total. The van der Waals surface area contributed by atoms with Crippen LogP contribution in [0.1, 0.15) is 24.5 Å². The normalized spacial score (nSPS) is 11.8. The Morgan fingerprint density at radius 1 is 1.62 bits per heavy atom. The summed E-state index contributed by atoms with van der Waals surface area (Å²) < 4.78 is 0. The highest BCUT2D eigenvalue weighted by molar-refractivity contribution is 5.65. The molecule has 1 rings (SSSR count). The van der Waals surface area contributed by atoms with E-state index >= 15 is 0 Å². The summed E-state index contributed by atoms with van der Waals surface area (Å²) in [5, 5.41) is 0. The fourth-order valence-electron chi connectivity index (χ4n) is 1.29. The van der Waals surface area contributed by atoms with E-state index in [4.69, 9.17) is 5.73 Å². The van der Waals surface area contributed by atoms with E-state index in [0.29, 0.717) is 6.54 Å². The number of nitrogens with zero attached hydrogens (tertiary/aromatic N) is 1. The molecule has 0 aliphatic carbocycles. The number of allylic oxidation sites excluding steroid dienone is 1. The van der Waals surface area contributed by atoms with Crippen molar-refractivity contribution in [3.05, 3.63) is 35.7 Å². The first-order valence-corrected chi connectivity index (χ1v) is 4.53. The quantitative estimate of drug-likeness (QED) is 0.766. The standard InChI is InChI=1S/C11H16N2/c1-9(4-3-6-12)11-8-13-7-5-10(11)2/h4-5,7-8H,3,6,12H2,1-2H3/b9-4-. The van der Waals surface area contributed by atoms with Gasteiger partial charge in [-0.1, -0.05) is 6.08 Å². The summed E-state index contributed by atoms with van der Waals surface area (Å²) in [7, 11) is 0. The molecule has 1 aromatic heterocycles. The second-order valence-corrected chi connectivity index (χ2v) is 3.16. The van der Waals surface area contributed by atoms with Crippen LogP contribution >= 0.6 is 0 Å². The Bertz CT molecular complexity index is 303. The SMILES string of the molecule is C/C(=C/CCN)c1cnccc1C. The van der Waals surface area contributed by atoms with Gasteiger partial charge in [-0.3, -0.25) is 4.98 Å². The lowest BCUT2D eigenvalue weighted by molar-refractivity contribution is 1.01. The van der Waals surface area contributed by atoms with Crippen molar-refractivity contribution in [2.24, 2.45) is 5.73 Å². The van der Waals surface area contributed by atoms with Crippen LogP contribution in [-0.4, -0.2) is 11.5 Å². The summed E-state index contributed by atoms with van der Waals surface area (Å²) in [5.41, 5.74) is 9.18. The molecule has 0 aliphatic rings. The van der Waals surface area contributed by atoms with E-state index in [9.17, 15) is 0 Å². The molecule has 1 heterocycles. The van der Waals surface area contributed by atoms with Crippen LogP contribution in [-0.2, 0) is 0 Å². The Hall–Kier alpha value is -1.15. The predicted molar refractivity (Wildman–Crippen MR) is 56.3 cm³/mol. The minimum atomic E-state index is 0.705. The number of hydrogen-bond acceptors (Lipinski definition) is 2. The molecule has 13 heavy (non-hydrogen) atoms. The van der Waals surface area contributed by atoms with Gasteiger partial charge in [-0.2, -0.15) is 0 Å². The van der Waals surface area contributed by atoms with Crippen molar-refractivity contribution in [3.63, 3.8) is 0 Å². The first kappa shape index (κ1) is 9.93. The van der Waals surface area contributed by atoms with Crippen molar-refractivity contribution in [3.8, 4) is 0 Å². The number of pyridine rings is 1. The Labute approximate surface area is 79.5 Å². The van der Waals surface area contributed by atoms with Gasteiger partial charge in [0.1, 0.15) is 0 Å². The van der Waals surface area contributed by atoms with E-state index in [1.165, 1.54) is 16.7 Å². The second kappa shape index (κ2) is 4.77. The molecule has 70 valence electrons. The zero-order valence-electron chi connectivity index (χ0n) is 8.25. The maximum Gasteiger partial charge on any atom is 0.0345 e. The van der Waals surface area contributed by atoms with Gasteiger partial charge in [0, 0.05) is 12.4 Å². The molecule has 0 unspecified atom stereocenters. The molecule has 0 saturated carbocycles. The highest BCUT2D eigenvalue weighted by Gasteiger charge is 1.98. The molecule has 0 atom stereocenters. The van der Waals surface area contributed by atoms with Crippen molar-refractivity contribution >= 4 is 5.57 Å². The zero-order valence-corrected chi connectivity index (χ0v) is 8.25. The first-order chi connectivity index (χ1) is 6.25. The zero-order chi connectivity index (χ0) is 9.68. The summed E-state index contributed by atoms with van der Waals surface area (Å²) in [6, 6.07) is 2.02. The molecule has 0 saturated heterocycles. The van der Waals surface area contributed by atoms with Gasteiger partial charge < -0.3 is 5.73 Å². The molecule has 0 spiro atoms. The molecule has 2 nitrogen and oxygen atoms in total. The largest absolute Gasteiger partial charge is 0.330 e. The lowest BCUT2D eigenvalue weighted by Crippen LogP contribution is -1.96. The van der Waals surface area contributed by atoms with Crippen LogP contribution in [0.5, 0.6) is 0 Å². The third-order valence-corrected chi connectivity index (χ3v) is 2.08. The lowest BCUT2D eigenvalue weighted by atomic mass is 10.0. The van der Waals surface area contributed by atoms with Crippen LogP contribution in [0.4, 0.5) is 0 Å². The van der Waals surface area contributed by atoms with Crippen LogP contribution in [0, 0.1) is 6.92 Å². The summed E-state index contributed by atoms with van der Waals surface area (Å²) in [6.45, 7) is 4.90. The Balaban J connectivity index is 2.88. The van der Waals surface area contributed by atoms with E-state index in [1.807, 2.05) is 18.5 Å². The number of rotatable bonds is 3. The van der Waals surface area contributed by atoms with Gasteiger partial charge in [0.25, 0.3) is 0 Å². The van der Waals surface area contributed by atoms with Crippen molar-refractivity contribution in [1.29, 1.82) is 0 Å². The first-order valence-electron chi connectivity index (χ1n) is 4.53. The minimum Gasteiger partial charge on any atom is -0.330 e. The molecule has 0 radical (unpaired) electrons. The predicted octanol–water partition coefficient (Wildman–Crippen LogP) is 2.14. The van der Waals surface area contributed by atoms with Crippen LogP contribution in [0.2, 0.25) is 0 Å². The minimum absolute atomic E-state index is 0.705. The van der Waals surface area contributed by atoms with E-state index in [-0.39, 0.29) is 0 Å². The number of nitrogens with two attached hydrogens (primary N) is 1. The molecular weight excluding hydrogens is 160 g/mol. The molecule has 1 aromatic rings. The number of aryl methyl sites for hydroxylation is 1. The Morgan fingerprint density at radius 2 is 2.38 bits per heavy atom. The Morgan fingerprint density at radius 3 is 3.00 bits per heavy atom.